The number of hydrogen-bond acceptors (Lipinski definition) is 8. The number of carbonyl (C=O) groups is 2. The summed E-state index contributed by atoms with van der Waals surface area (Å²) in [6, 6.07) is 11.1. The highest BCUT2D eigenvalue weighted by Gasteiger charge is 2.27. The highest BCUT2D eigenvalue weighted by Crippen LogP contribution is 2.22. The lowest BCUT2D eigenvalue weighted by Crippen LogP contribution is -2.46. The predicted octanol–water partition coefficient (Wildman–Crippen LogP) is 1.88. The normalized spacial score (nSPS) is 15.2. The minimum atomic E-state index is -0.873. The summed E-state index contributed by atoms with van der Waals surface area (Å²) in [5.41, 5.74) is 8.35. The van der Waals surface area contributed by atoms with Gasteiger partial charge < -0.3 is 20.1 Å². The van der Waals surface area contributed by atoms with Crippen LogP contribution in [0.3, 0.4) is 0 Å². The van der Waals surface area contributed by atoms with E-state index in [0.29, 0.717) is 34.0 Å². The molecule has 2 N–H and O–H groups in total. The van der Waals surface area contributed by atoms with Gasteiger partial charge in [0, 0.05) is 23.9 Å². The molecular formula is C25H19FN6O4. The molecule has 0 radical (unpaired) electrons. The third-order valence-corrected chi connectivity index (χ3v) is 5.50. The van der Waals surface area contributed by atoms with Gasteiger partial charge in [-0.15, -0.1) is 0 Å². The van der Waals surface area contributed by atoms with Crippen molar-refractivity contribution < 1.29 is 23.5 Å². The fraction of sp³-hybridized carbons (Fsp3) is 0.160. The lowest BCUT2D eigenvalue weighted by atomic mass is 10.1. The smallest absolute Gasteiger partial charge is 0.295 e. The van der Waals surface area contributed by atoms with E-state index in [9.17, 15) is 9.59 Å². The van der Waals surface area contributed by atoms with Gasteiger partial charge in [0.05, 0.1) is 30.6 Å². The molecule has 0 saturated carbocycles. The van der Waals surface area contributed by atoms with Crippen LogP contribution in [0.15, 0.2) is 54.9 Å². The van der Waals surface area contributed by atoms with Crippen LogP contribution in [0.25, 0.3) is 16.9 Å². The highest BCUT2D eigenvalue weighted by molar-refractivity contribution is 5.95. The van der Waals surface area contributed by atoms with Gasteiger partial charge in [0.15, 0.2) is 5.65 Å². The average molecular weight is 486 g/mol. The number of rotatable bonds is 4. The van der Waals surface area contributed by atoms with Crippen molar-refractivity contribution in [2.75, 3.05) is 25.4 Å². The summed E-state index contributed by atoms with van der Waals surface area (Å²) in [4.78, 5) is 33.0. The molecule has 0 aliphatic carbocycles. The van der Waals surface area contributed by atoms with Crippen LogP contribution in [0, 0.1) is 17.7 Å². The highest BCUT2D eigenvalue weighted by atomic mass is 19.1. The fourth-order valence-electron chi connectivity index (χ4n) is 3.74. The molecule has 1 aliphatic heterocycles. The number of nitrogens with two attached hydrogens (primary N) is 1. The number of nitrogens with zero attached hydrogens (tertiary/aromatic N) is 5. The number of nitrogen functional groups attached to an aromatic ring is 1. The molecule has 1 aromatic carbocycles. The first-order valence-electron chi connectivity index (χ1n) is 10.9. The number of aromatic nitrogens is 4. The molecule has 4 aromatic rings. The van der Waals surface area contributed by atoms with E-state index < -0.39 is 18.0 Å². The van der Waals surface area contributed by atoms with E-state index in [-0.39, 0.29) is 31.7 Å². The molecule has 1 saturated heterocycles. The van der Waals surface area contributed by atoms with E-state index in [0.717, 1.165) is 0 Å². The maximum atomic E-state index is 15.0. The molecule has 0 bridgehead atoms. The molecule has 1 amide bonds. The Hall–Kier alpha value is -4.82. The molecule has 11 heteroatoms. The van der Waals surface area contributed by atoms with Gasteiger partial charge in [-0.25, -0.2) is 18.9 Å². The standard InChI is InChI=1S/C25H19FN6O4/c26-20-12-17(2-4-19(20)25(34)31-9-10-35-24(14-31)36-15-33)21-5-6-23-29-13-18(32(23)30-21)3-1-16-7-8-28-22(27)11-16/h2,4-8,11-13,15,24H,9-10,14H2,(H2,27,28). The average Bonchev–Trinajstić information content (AvgIpc) is 3.30. The summed E-state index contributed by atoms with van der Waals surface area (Å²) in [5.74, 6) is 5.17. The quantitative estimate of drug-likeness (QED) is 0.343. The van der Waals surface area contributed by atoms with Gasteiger partial charge in [-0.3, -0.25) is 9.59 Å². The predicted molar refractivity (Wildman–Crippen MR) is 126 cm³/mol. The Balaban J connectivity index is 1.40. The molecule has 3 aromatic heterocycles. The molecule has 1 atom stereocenters. The van der Waals surface area contributed by atoms with E-state index >= 15 is 4.39 Å². The lowest BCUT2D eigenvalue weighted by molar-refractivity contribution is -0.177. The first-order chi connectivity index (χ1) is 17.5. The van der Waals surface area contributed by atoms with E-state index in [1.165, 1.54) is 17.0 Å². The molecule has 36 heavy (non-hydrogen) atoms. The van der Waals surface area contributed by atoms with Crippen molar-refractivity contribution in [2.24, 2.45) is 0 Å². The van der Waals surface area contributed by atoms with Crippen LogP contribution in [-0.4, -0.2) is 62.8 Å². The summed E-state index contributed by atoms with van der Waals surface area (Å²) in [5, 5.41) is 4.56. The van der Waals surface area contributed by atoms with Crippen LogP contribution in [0.4, 0.5) is 10.2 Å². The number of carbonyl (C=O) groups excluding carboxylic acids is 2. The number of imidazole rings is 1. The number of fused-ring (bicyclic) bond motifs is 1. The molecule has 5 rings (SSSR count). The second-order valence-corrected chi connectivity index (χ2v) is 7.83. The second-order valence-electron chi connectivity index (χ2n) is 7.83. The zero-order valence-corrected chi connectivity index (χ0v) is 18.8. The summed E-state index contributed by atoms with van der Waals surface area (Å²) >= 11 is 0. The van der Waals surface area contributed by atoms with Gasteiger partial charge in [-0.2, -0.15) is 5.10 Å². The summed E-state index contributed by atoms with van der Waals surface area (Å²) in [7, 11) is 0. The molecule has 1 fully saturated rings. The molecule has 4 heterocycles. The number of anilines is 1. The molecular weight excluding hydrogens is 467 g/mol. The summed E-state index contributed by atoms with van der Waals surface area (Å²) < 4.78 is 26.6. The van der Waals surface area contributed by atoms with E-state index in [1.54, 1.807) is 47.2 Å². The number of amides is 1. The molecule has 1 unspecified atom stereocenters. The van der Waals surface area contributed by atoms with Crippen molar-refractivity contribution in [2.45, 2.75) is 6.29 Å². The van der Waals surface area contributed by atoms with Gasteiger partial charge >= 0.3 is 0 Å². The Morgan fingerprint density at radius 2 is 2.08 bits per heavy atom. The van der Waals surface area contributed by atoms with Gasteiger partial charge in [-0.1, -0.05) is 12.0 Å². The first kappa shape index (κ1) is 22.9. The van der Waals surface area contributed by atoms with Gasteiger partial charge in [0.1, 0.15) is 17.3 Å². The minimum Gasteiger partial charge on any atom is -0.436 e. The van der Waals surface area contributed by atoms with Crippen molar-refractivity contribution in [1.82, 2.24) is 24.5 Å². The van der Waals surface area contributed by atoms with Crippen LogP contribution in [0.5, 0.6) is 0 Å². The second kappa shape index (κ2) is 9.81. The number of ether oxygens (including phenoxy) is 2. The van der Waals surface area contributed by atoms with Crippen molar-refractivity contribution in [3.63, 3.8) is 0 Å². The number of pyridine rings is 1. The lowest BCUT2D eigenvalue weighted by Gasteiger charge is -2.31. The number of benzene rings is 1. The topological polar surface area (TPSA) is 125 Å². The van der Waals surface area contributed by atoms with Gasteiger partial charge in [-0.05, 0) is 42.3 Å². The van der Waals surface area contributed by atoms with Crippen LogP contribution in [0.1, 0.15) is 21.6 Å². The first-order valence-corrected chi connectivity index (χ1v) is 10.9. The van der Waals surface area contributed by atoms with Crippen molar-refractivity contribution in [1.29, 1.82) is 0 Å². The van der Waals surface area contributed by atoms with Crippen LogP contribution in [-0.2, 0) is 14.3 Å². The Kier molecular flexibility index (Phi) is 6.25. The van der Waals surface area contributed by atoms with E-state index in [1.807, 2.05) is 0 Å². The largest absolute Gasteiger partial charge is 0.436 e. The zero-order valence-electron chi connectivity index (χ0n) is 18.8. The summed E-state index contributed by atoms with van der Waals surface area (Å²) in [6.07, 6.45) is 2.29. The Morgan fingerprint density at radius 3 is 2.89 bits per heavy atom. The number of morpholine rings is 1. The van der Waals surface area contributed by atoms with Crippen molar-refractivity contribution in [3.8, 4) is 23.1 Å². The molecule has 0 spiro atoms. The maximum Gasteiger partial charge on any atom is 0.295 e. The Bertz CT molecular complexity index is 1530. The summed E-state index contributed by atoms with van der Waals surface area (Å²) in [6.45, 7) is 0.712. The monoisotopic (exact) mass is 486 g/mol. The van der Waals surface area contributed by atoms with Crippen LogP contribution < -0.4 is 5.73 Å². The molecule has 1 aliphatic rings. The Morgan fingerprint density at radius 1 is 1.19 bits per heavy atom. The SMILES string of the molecule is Nc1cc(C#Cc2cnc3ccc(-c4ccc(C(=O)N5CCOC(OC=O)C5)c(F)c4)nn23)ccn1. The maximum absolute atomic E-state index is 15.0. The van der Waals surface area contributed by atoms with Gasteiger partial charge in [0.2, 0.25) is 6.29 Å². The minimum absolute atomic E-state index is 0.0213. The zero-order chi connectivity index (χ0) is 25.1. The van der Waals surface area contributed by atoms with Crippen molar-refractivity contribution >= 4 is 23.8 Å². The Labute approximate surface area is 204 Å². The van der Waals surface area contributed by atoms with Crippen LogP contribution >= 0.6 is 0 Å². The molecule has 10 nitrogen and oxygen atoms in total. The van der Waals surface area contributed by atoms with Crippen LogP contribution in [0.2, 0.25) is 0 Å². The fourth-order valence-corrected chi connectivity index (χ4v) is 3.74. The molecule has 180 valence electrons. The van der Waals surface area contributed by atoms with Crippen molar-refractivity contribution in [3.05, 3.63) is 77.5 Å². The third-order valence-electron chi connectivity index (χ3n) is 5.50. The number of halogens is 1. The van der Waals surface area contributed by atoms with E-state index in [4.69, 9.17) is 15.2 Å². The number of hydrogen-bond donors (Lipinski definition) is 1. The van der Waals surface area contributed by atoms with E-state index in [2.05, 4.69) is 26.9 Å². The van der Waals surface area contributed by atoms with Gasteiger partial charge in [0.25, 0.3) is 12.4 Å². The third kappa shape index (κ3) is 4.70.